The first kappa shape index (κ1) is 13.5. The number of aliphatic hydroxyl groups excluding tert-OH is 1. The highest BCUT2D eigenvalue weighted by atomic mass is 16.3. The fraction of sp³-hybridized carbons (Fsp3) is 0.333. The van der Waals surface area contributed by atoms with Gasteiger partial charge < -0.3 is 10.0 Å². The lowest BCUT2D eigenvalue weighted by Gasteiger charge is -2.22. The molecule has 0 saturated carbocycles. The van der Waals surface area contributed by atoms with E-state index >= 15 is 0 Å². The van der Waals surface area contributed by atoms with Crippen molar-refractivity contribution in [1.82, 2.24) is 9.97 Å². The van der Waals surface area contributed by atoms with E-state index in [0.717, 1.165) is 24.5 Å². The first-order valence-corrected chi connectivity index (χ1v) is 6.48. The molecule has 0 saturated heterocycles. The van der Waals surface area contributed by atoms with E-state index in [-0.39, 0.29) is 0 Å². The molecule has 1 N–H and O–H groups in total. The maximum absolute atomic E-state index is 9.64. The van der Waals surface area contributed by atoms with Crippen LogP contribution in [0, 0.1) is 0 Å². The second kappa shape index (κ2) is 6.29. The minimum Gasteiger partial charge on any atom is -0.389 e. The monoisotopic (exact) mass is 257 g/mol. The summed E-state index contributed by atoms with van der Waals surface area (Å²) in [5.41, 5.74) is 2.08. The van der Waals surface area contributed by atoms with Crippen molar-refractivity contribution in [3.8, 4) is 0 Å². The van der Waals surface area contributed by atoms with E-state index in [1.54, 1.807) is 25.5 Å². The smallest absolute Gasteiger partial charge is 0.129 e. The summed E-state index contributed by atoms with van der Waals surface area (Å²) < 4.78 is 0. The molecule has 0 aromatic carbocycles. The Bertz CT molecular complexity index is 514. The second-order valence-electron chi connectivity index (χ2n) is 4.49. The minimum absolute atomic E-state index is 0.471. The van der Waals surface area contributed by atoms with Crippen LogP contribution in [0.1, 0.15) is 31.1 Å². The molecule has 0 fully saturated rings. The third kappa shape index (κ3) is 3.51. The highest BCUT2D eigenvalue weighted by molar-refractivity contribution is 5.42. The van der Waals surface area contributed by atoms with Crippen molar-refractivity contribution in [3.05, 3.63) is 54.0 Å². The van der Waals surface area contributed by atoms with Crippen molar-refractivity contribution in [2.75, 3.05) is 11.4 Å². The van der Waals surface area contributed by atoms with Crippen LogP contribution in [0.5, 0.6) is 0 Å². The van der Waals surface area contributed by atoms with E-state index < -0.39 is 6.10 Å². The third-order valence-electron chi connectivity index (χ3n) is 3.08. The number of anilines is 1. The van der Waals surface area contributed by atoms with E-state index in [0.29, 0.717) is 0 Å². The number of hydrogen-bond donors (Lipinski definition) is 1. The van der Waals surface area contributed by atoms with Crippen LogP contribution in [0.2, 0.25) is 0 Å². The van der Waals surface area contributed by atoms with Gasteiger partial charge in [0.1, 0.15) is 5.82 Å². The Morgan fingerprint density at radius 1 is 1.21 bits per heavy atom. The van der Waals surface area contributed by atoms with Gasteiger partial charge in [0.05, 0.1) is 6.10 Å². The van der Waals surface area contributed by atoms with Gasteiger partial charge in [-0.2, -0.15) is 0 Å². The first-order valence-electron chi connectivity index (χ1n) is 6.48. The standard InChI is InChI=1S/C15H19N3O/c1-3-18(11-13-4-7-16-8-5-13)15-10-14(12(2)19)6-9-17-15/h4-10,12,19H,3,11H2,1-2H3. The predicted octanol–water partition coefficient (Wildman–Crippen LogP) is 2.56. The molecule has 0 aliphatic carbocycles. The average Bonchev–Trinajstić information content (AvgIpc) is 2.46. The molecule has 4 heteroatoms. The van der Waals surface area contributed by atoms with E-state index in [1.807, 2.05) is 24.3 Å². The molecule has 2 aromatic heterocycles. The topological polar surface area (TPSA) is 49.2 Å². The molecule has 0 amide bonds. The molecule has 1 atom stereocenters. The minimum atomic E-state index is -0.471. The van der Waals surface area contributed by atoms with E-state index in [2.05, 4.69) is 21.8 Å². The highest BCUT2D eigenvalue weighted by Crippen LogP contribution is 2.19. The number of nitrogens with zero attached hydrogens (tertiary/aromatic N) is 3. The van der Waals surface area contributed by atoms with Crippen LogP contribution in [0.3, 0.4) is 0 Å². The normalized spacial score (nSPS) is 12.2. The summed E-state index contributed by atoms with van der Waals surface area (Å²) in [6.07, 6.45) is 4.86. The van der Waals surface area contributed by atoms with Crippen LogP contribution in [-0.4, -0.2) is 21.6 Å². The summed E-state index contributed by atoms with van der Waals surface area (Å²) >= 11 is 0. The van der Waals surface area contributed by atoms with Gasteiger partial charge in [-0.05, 0) is 49.2 Å². The zero-order chi connectivity index (χ0) is 13.7. The van der Waals surface area contributed by atoms with E-state index in [9.17, 15) is 5.11 Å². The van der Waals surface area contributed by atoms with Crippen molar-refractivity contribution in [3.63, 3.8) is 0 Å². The molecule has 2 rings (SSSR count). The number of rotatable bonds is 5. The van der Waals surface area contributed by atoms with Crippen LogP contribution in [0.4, 0.5) is 5.82 Å². The summed E-state index contributed by atoms with van der Waals surface area (Å²) in [4.78, 5) is 10.6. The Hall–Kier alpha value is -1.94. The highest BCUT2D eigenvalue weighted by Gasteiger charge is 2.09. The number of hydrogen-bond acceptors (Lipinski definition) is 4. The molecule has 1 unspecified atom stereocenters. The summed E-state index contributed by atoms with van der Waals surface area (Å²) in [6.45, 7) is 5.50. The Morgan fingerprint density at radius 3 is 2.58 bits per heavy atom. The Kier molecular flexibility index (Phi) is 4.47. The molecule has 0 spiro atoms. The van der Waals surface area contributed by atoms with Crippen molar-refractivity contribution in [2.45, 2.75) is 26.5 Å². The Balaban J connectivity index is 2.20. The molecule has 4 nitrogen and oxygen atoms in total. The zero-order valence-electron chi connectivity index (χ0n) is 11.3. The number of pyridine rings is 2. The predicted molar refractivity (Wildman–Crippen MR) is 75.8 cm³/mol. The lowest BCUT2D eigenvalue weighted by Crippen LogP contribution is -2.23. The van der Waals surface area contributed by atoms with Gasteiger partial charge in [-0.15, -0.1) is 0 Å². The molecule has 0 aliphatic rings. The van der Waals surface area contributed by atoms with Crippen molar-refractivity contribution >= 4 is 5.82 Å². The maximum Gasteiger partial charge on any atom is 0.129 e. The summed E-state index contributed by atoms with van der Waals surface area (Å²) in [5, 5.41) is 9.64. The van der Waals surface area contributed by atoms with Gasteiger partial charge in [0.25, 0.3) is 0 Å². The van der Waals surface area contributed by atoms with Gasteiger partial charge in [0, 0.05) is 31.7 Å². The molecule has 0 bridgehead atoms. The van der Waals surface area contributed by atoms with Gasteiger partial charge in [-0.3, -0.25) is 4.98 Å². The van der Waals surface area contributed by atoms with Gasteiger partial charge in [0.15, 0.2) is 0 Å². The molecule has 0 radical (unpaired) electrons. The van der Waals surface area contributed by atoms with E-state index in [4.69, 9.17) is 0 Å². The van der Waals surface area contributed by atoms with Crippen molar-refractivity contribution in [2.24, 2.45) is 0 Å². The van der Waals surface area contributed by atoms with Crippen LogP contribution in [0.15, 0.2) is 42.9 Å². The molecular formula is C15H19N3O. The summed E-state index contributed by atoms with van der Waals surface area (Å²) in [6, 6.07) is 7.78. The molecule has 100 valence electrons. The Morgan fingerprint density at radius 2 is 1.95 bits per heavy atom. The maximum atomic E-state index is 9.64. The lowest BCUT2D eigenvalue weighted by molar-refractivity contribution is 0.199. The van der Waals surface area contributed by atoms with Gasteiger partial charge in [-0.1, -0.05) is 0 Å². The fourth-order valence-electron chi connectivity index (χ4n) is 1.93. The summed E-state index contributed by atoms with van der Waals surface area (Å²) in [5.74, 6) is 0.887. The van der Waals surface area contributed by atoms with Crippen molar-refractivity contribution in [1.29, 1.82) is 0 Å². The number of aromatic nitrogens is 2. The van der Waals surface area contributed by atoms with Crippen LogP contribution in [0.25, 0.3) is 0 Å². The fourth-order valence-corrected chi connectivity index (χ4v) is 1.93. The number of aliphatic hydroxyl groups is 1. The molecule has 2 aromatic rings. The molecule has 2 heterocycles. The summed E-state index contributed by atoms with van der Waals surface area (Å²) in [7, 11) is 0. The van der Waals surface area contributed by atoms with Gasteiger partial charge in [0.2, 0.25) is 0 Å². The second-order valence-corrected chi connectivity index (χ2v) is 4.49. The van der Waals surface area contributed by atoms with E-state index in [1.165, 1.54) is 5.56 Å². The Labute approximate surface area is 113 Å². The van der Waals surface area contributed by atoms with Gasteiger partial charge in [-0.25, -0.2) is 4.98 Å². The molecule has 19 heavy (non-hydrogen) atoms. The van der Waals surface area contributed by atoms with Crippen LogP contribution < -0.4 is 4.90 Å². The van der Waals surface area contributed by atoms with Crippen molar-refractivity contribution < 1.29 is 5.11 Å². The molecular weight excluding hydrogens is 238 g/mol. The third-order valence-corrected chi connectivity index (χ3v) is 3.08. The first-order chi connectivity index (χ1) is 9.20. The molecule has 0 aliphatic heterocycles. The van der Waals surface area contributed by atoms with Crippen LogP contribution in [-0.2, 0) is 6.54 Å². The zero-order valence-corrected chi connectivity index (χ0v) is 11.3. The van der Waals surface area contributed by atoms with Gasteiger partial charge >= 0.3 is 0 Å². The van der Waals surface area contributed by atoms with Crippen LogP contribution >= 0.6 is 0 Å². The largest absolute Gasteiger partial charge is 0.389 e. The average molecular weight is 257 g/mol. The lowest BCUT2D eigenvalue weighted by atomic mass is 10.1. The quantitative estimate of drug-likeness (QED) is 0.894. The SMILES string of the molecule is CCN(Cc1ccncc1)c1cc(C(C)O)ccn1.